The van der Waals surface area contributed by atoms with Crippen LogP contribution in [0.15, 0.2) is 0 Å². The molecule has 0 amide bonds. The monoisotopic (exact) mass is 228 g/mol. The van der Waals surface area contributed by atoms with Gasteiger partial charge in [-0.25, -0.2) is 0 Å². The highest BCUT2D eigenvalue weighted by Gasteiger charge is 2.24. The molecule has 2 saturated heterocycles. The molecule has 2 N–H and O–H groups in total. The van der Waals surface area contributed by atoms with Crippen molar-refractivity contribution in [2.24, 2.45) is 11.7 Å². The first-order valence-corrected chi connectivity index (χ1v) is 7.57. The van der Waals surface area contributed by atoms with Crippen LogP contribution in [0.5, 0.6) is 0 Å². The minimum atomic E-state index is 0.429. The Bertz CT molecular complexity index is 172. The lowest BCUT2D eigenvalue weighted by molar-refractivity contribution is 0.243. The normalized spacial score (nSPS) is 31.4. The van der Waals surface area contributed by atoms with E-state index >= 15 is 0 Å². The Hall–Kier alpha value is 0.270. The molecule has 2 atom stereocenters. The molecule has 0 aromatic carbocycles. The van der Waals surface area contributed by atoms with E-state index in [1.54, 1.807) is 0 Å². The zero-order chi connectivity index (χ0) is 10.5. The first kappa shape index (κ1) is 11.7. The van der Waals surface area contributed by atoms with Gasteiger partial charge in [0.05, 0.1) is 0 Å². The lowest BCUT2D eigenvalue weighted by Crippen LogP contribution is -2.42. The van der Waals surface area contributed by atoms with E-state index in [0.717, 1.165) is 12.5 Å². The van der Waals surface area contributed by atoms with Crippen LogP contribution in [0, 0.1) is 5.92 Å². The van der Waals surface area contributed by atoms with Crippen molar-refractivity contribution >= 4 is 11.8 Å². The van der Waals surface area contributed by atoms with Gasteiger partial charge in [0.1, 0.15) is 0 Å². The molecule has 2 rings (SSSR count). The van der Waals surface area contributed by atoms with Gasteiger partial charge >= 0.3 is 0 Å². The van der Waals surface area contributed by atoms with Crippen LogP contribution in [0.4, 0.5) is 0 Å². The molecule has 2 unspecified atom stereocenters. The summed E-state index contributed by atoms with van der Waals surface area (Å²) in [6.07, 6.45) is 6.95. The molecule has 2 aliphatic heterocycles. The SMILES string of the molecule is NC(CN1CCCCCC1)C1CCSC1. The van der Waals surface area contributed by atoms with Crippen LogP contribution in [0.1, 0.15) is 32.1 Å². The molecule has 0 aromatic rings. The average Bonchev–Trinajstić information content (AvgIpc) is 2.65. The maximum atomic E-state index is 6.31. The summed E-state index contributed by atoms with van der Waals surface area (Å²) in [5, 5.41) is 0. The van der Waals surface area contributed by atoms with Crippen LogP contribution in [0.3, 0.4) is 0 Å². The summed E-state index contributed by atoms with van der Waals surface area (Å²) in [5.74, 6) is 3.42. The van der Waals surface area contributed by atoms with Gasteiger partial charge in [0, 0.05) is 12.6 Å². The quantitative estimate of drug-likeness (QED) is 0.800. The molecule has 0 aliphatic carbocycles. The predicted molar refractivity (Wildman–Crippen MR) is 68.3 cm³/mol. The van der Waals surface area contributed by atoms with Gasteiger partial charge in [-0.3, -0.25) is 0 Å². The zero-order valence-corrected chi connectivity index (χ0v) is 10.5. The Morgan fingerprint density at radius 1 is 1.20 bits per heavy atom. The van der Waals surface area contributed by atoms with E-state index < -0.39 is 0 Å². The average molecular weight is 228 g/mol. The second-order valence-electron chi connectivity index (χ2n) is 5.00. The summed E-state index contributed by atoms with van der Waals surface area (Å²) in [4.78, 5) is 2.60. The van der Waals surface area contributed by atoms with Crippen LogP contribution in [-0.4, -0.2) is 42.1 Å². The van der Waals surface area contributed by atoms with Gasteiger partial charge in [0.15, 0.2) is 0 Å². The van der Waals surface area contributed by atoms with Crippen molar-refractivity contribution in [3.05, 3.63) is 0 Å². The highest BCUT2D eigenvalue weighted by Crippen LogP contribution is 2.26. The topological polar surface area (TPSA) is 29.3 Å². The summed E-state index contributed by atoms with van der Waals surface area (Å²) in [6.45, 7) is 3.71. The Morgan fingerprint density at radius 3 is 2.53 bits per heavy atom. The van der Waals surface area contributed by atoms with E-state index in [2.05, 4.69) is 16.7 Å². The first-order chi connectivity index (χ1) is 7.36. The third-order valence-electron chi connectivity index (χ3n) is 3.74. The minimum Gasteiger partial charge on any atom is -0.326 e. The van der Waals surface area contributed by atoms with Gasteiger partial charge in [-0.15, -0.1) is 0 Å². The van der Waals surface area contributed by atoms with Gasteiger partial charge in [-0.05, 0) is 49.8 Å². The molecule has 0 bridgehead atoms. The fourth-order valence-corrected chi connectivity index (χ4v) is 4.01. The van der Waals surface area contributed by atoms with Crippen molar-refractivity contribution in [3.63, 3.8) is 0 Å². The van der Waals surface area contributed by atoms with Gasteiger partial charge in [-0.1, -0.05) is 12.8 Å². The fraction of sp³-hybridized carbons (Fsp3) is 1.00. The van der Waals surface area contributed by atoms with E-state index in [4.69, 9.17) is 5.73 Å². The number of rotatable bonds is 3. The Morgan fingerprint density at radius 2 is 1.93 bits per heavy atom. The van der Waals surface area contributed by atoms with Crippen LogP contribution < -0.4 is 5.73 Å². The Balaban J connectivity index is 1.73. The molecule has 88 valence electrons. The van der Waals surface area contributed by atoms with Gasteiger partial charge in [-0.2, -0.15) is 11.8 Å². The molecule has 0 radical (unpaired) electrons. The van der Waals surface area contributed by atoms with E-state index in [0.29, 0.717) is 6.04 Å². The second kappa shape index (κ2) is 6.12. The van der Waals surface area contributed by atoms with E-state index in [1.807, 2.05) is 0 Å². The highest BCUT2D eigenvalue weighted by atomic mass is 32.2. The van der Waals surface area contributed by atoms with Crippen molar-refractivity contribution in [1.29, 1.82) is 0 Å². The van der Waals surface area contributed by atoms with Crippen LogP contribution in [0.25, 0.3) is 0 Å². The molecule has 2 nitrogen and oxygen atoms in total. The Kier molecular flexibility index (Phi) is 4.79. The van der Waals surface area contributed by atoms with Gasteiger partial charge < -0.3 is 10.6 Å². The van der Waals surface area contributed by atoms with E-state index in [1.165, 1.54) is 56.7 Å². The maximum absolute atomic E-state index is 6.31. The van der Waals surface area contributed by atoms with Crippen molar-refractivity contribution in [2.45, 2.75) is 38.1 Å². The number of thioether (sulfide) groups is 1. The lowest BCUT2D eigenvalue weighted by Gasteiger charge is -2.26. The molecule has 0 aromatic heterocycles. The van der Waals surface area contributed by atoms with E-state index in [9.17, 15) is 0 Å². The summed E-state index contributed by atoms with van der Waals surface area (Å²) in [7, 11) is 0. The van der Waals surface area contributed by atoms with Gasteiger partial charge in [0.25, 0.3) is 0 Å². The van der Waals surface area contributed by atoms with Crippen LogP contribution >= 0.6 is 11.8 Å². The first-order valence-electron chi connectivity index (χ1n) is 6.42. The standard InChI is InChI=1S/C12H24N2S/c13-12(11-5-8-15-10-11)9-14-6-3-1-2-4-7-14/h11-12H,1-10,13H2. The summed E-state index contributed by atoms with van der Waals surface area (Å²) >= 11 is 2.08. The van der Waals surface area contributed by atoms with E-state index in [-0.39, 0.29) is 0 Å². The second-order valence-corrected chi connectivity index (χ2v) is 6.15. The van der Waals surface area contributed by atoms with Crippen molar-refractivity contribution in [2.75, 3.05) is 31.1 Å². The third kappa shape index (κ3) is 3.65. The molecule has 2 fully saturated rings. The lowest BCUT2D eigenvalue weighted by atomic mass is 9.99. The van der Waals surface area contributed by atoms with Crippen molar-refractivity contribution in [3.8, 4) is 0 Å². The number of hydrogen-bond acceptors (Lipinski definition) is 3. The van der Waals surface area contributed by atoms with Gasteiger partial charge in [0.2, 0.25) is 0 Å². The molecule has 15 heavy (non-hydrogen) atoms. The van der Waals surface area contributed by atoms with Crippen molar-refractivity contribution < 1.29 is 0 Å². The largest absolute Gasteiger partial charge is 0.326 e. The summed E-state index contributed by atoms with van der Waals surface area (Å²) < 4.78 is 0. The number of nitrogens with two attached hydrogens (primary N) is 1. The maximum Gasteiger partial charge on any atom is 0.0204 e. The third-order valence-corrected chi connectivity index (χ3v) is 4.93. The number of hydrogen-bond donors (Lipinski definition) is 1. The molecule has 2 aliphatic rings. The number of nitrogens with zero attached hydrogens (tertiary/aromatic N) is 1. The predicted octanol–water partition coefficient (Wildman–Crippen LogP) is 1.94. The summed E-state index contributed by atoms with van der Waals surface area (Å²) in [6, 6.07) is 0.429. The minimum absolute atomic E-state index is 0.429. The smallest absolute Gasteiger partial charge is 0.0204 e. The molecule has 2 heterocycles. The highest BCUT2D eigenvalue weighted by molar-refractivity contribution is 7.99. The number of likely N-dealkylation sites (tertiary alicyclic amines) is 1. The molecular formula is C12H24N2S. The van der Waals surface area contributed by atoms with Crippen LogP contribution in [-0.2, 0) is 0 Å². The molecule has 0 spiro atoms. The van der Waals surface area contributed by atoms with Crippen molar-refractivity contribution in [1.82, 2.24) is 4.90 Å². The fourth-order valence-electron chi connectivity index (χ4n) is 2.66. The molecule has 0 saturated carbocycles. The van der Waals surface area contributed by atoms with Crippen LogP contribution in [0.2, 0.25) is 0 Å². The molecule has 3 heteroatoms. The summed E-state index contributed by atoms with van der Waals surface area (Å²) in [5.41, 5.74) is 6.31. The Labute approximate surface area is 98.0 Å². The zero-order valence-electron chi connectivity index (χ0n) is 9.66. The molecular weight excluding hydrogens is 204 g/mol.